The first kappa shape index (κ1) is 28.3. The lowest BCUT2D eigenvalue weighted by molar-refractivity contribution is -0.143. The van der Waals surface area contributed by atoms with E-state index in [4.69, 9.17) is 4.74 Å². The maximum absolute atomic E-state index is 13.0. The number of carbonyl (C=O) groups is 3. The molecule has 1 aliphatic rings. The number of nitrogens with one attached hydrogen (secondary N) is 2. The Morgan fingerprint density at radius 2 is 1.68 bits per heavy atom. The molecular formula is C29H39N3O5. The molecule has 2 atom stereocenters. The number of esters is 1. The molecule has 2 amide bonds. The summed E-state index contributed by atoms with van der Waals surface area (Å²) >= 11 is 0. The molecule has 0 aliphatic carbocycles. The molecule has 1 saturated heterocycles. The minimum Gasteiger partial charge on any atom is -0.426 e. The molecule has 37 heavy (non-hydrogen) atoms. The summed E-state index contributed by atoms with van der Waals surface area (Å²) in [6.45, 7) is 10.4. The normalized spacial score (nSPS) is 16.8. The molecule has 2 aromatic rings. The van der Waals surface area contributed by atoms with Crippen LogP contribution < -0.4 is 15.4 Å². The van der Waals surface area contributed by atoms with Gasteiger partial charge in [0, 0.05) is 30.7 Å². The van der Waals surface area contributed by atoms with Crippen LogP contribution in [-0.2, 0) is 9.59 Å². The van der Waals surface area contributed by atoms with Crippen molar-refractivity contribution in [2.45, 2.75) is 65.1 Å². The molecule has 0 aromatic heterocycles. The molecule has 1 fully saturated rings. The van der Waals surface area contributed by atoms with Crippen molar-refractivity contribution in [2.75, 3.05) is 19.6 Å². The molecule has 0 radical (unpaired) electrons. The van der Waals surface area contributed by atoms with Gasteiger partial charge in [-0.1, -0.05) is 30.3 Å². The van der Waals surface area contributed by atoms with E-state index in [1.54, 1.807) is 62.1 Å². The van der Waals surface area contributed by atoms with Crippen LogP contribution in [0.2, 0.25) is 0 Å². The highest BCUT2D eigenvalue weighted by Gasteiger charge is 2.35. The van der Waals surface area contributed by atoms with Crippen LogP contribution in [-0.4, -0.2) is 59.0 Å². The van der Waals surface area contributed by atoms with Crippen LogP contribution >= 0.6 is 0 Å². The first-order valence-corrected chi connectivity index (χ1v) is 12.8. The summed E-state index contributed by atoms with van der Waals surface area (Å²) in [4.78, 5) is 39.5. The second kappa shape index (κ2) is 11.9. The molecule has 1 unspecified atom stereocenters. The highest BCUT2D eigenvalue weighted by atomic mass is 16.5. The lowest BCUT2D eigenvalue weighted by atomic mass is 9.97. The van der Waals surface area contributed by atoms with Gasteiger partial charge in [0.2, 0.25) is 5.91 Å². The van der Waals surface area contributed by atoms with E-state index in [1.807, 2.05) is 32.0 Å². The van der Waals surface area contributed by atoms with Gasteiger partial charge in [-0.25, -0.2) is 0 Å². The van der Waals surface area contributed by atoms with Crippen molar-refractivity contribution in [3.05, 3.63) is 65.7 Å². The Balaban J connectivity index is 1.48. The van der Waals surface area contributed by atoms with Gasteiger partial charge in [0.25, 0.3) is 5.91 Å². The zero-order chi connectivity index (χ0) is 27.2. The molecule has 8 nitrogen and oxygen atoms in total. The minimum atomic E-state index is -0.781. The van der Waals surface area contributed by atoms with Crippen LogP contribution in [0.5, 0.6) is 5.75 Å². The maximum atomic E-state index is 13.0. The largest absolute Gasteiger partial charge is 0.426 e. The Hall–Kier alpha value is -3.23. The Bertz CT molecular complexity index is 1080. The van der Waals surface area contributed by atoms with Crippen LogP contribution in [0.15, 0.2) is 54.6 Å². The molecule has 1 heterocycles. The number of aliphatic hydroxyl groups excluding tert-OH is 1. The highest BCUT2D eigenvalue weighted by Crippen LogP contribution is 2.23. The molecule has 0 bridgehead atoms. The van der Waals surface area contributed by atoms with Crippen LogP contribution in [0.25, 0.3) is 0 Å². The van der Waals surface area contributed by atoms with E-state index in [9.17, 15) is 19.5 Å². The van der Waals surface area contributed by atoms with E-state index in [0.29, 0.717) is 36.4 Å². The number of aliphatic hydroxyl groups is 1. The smallest absolute Gasteiger partial charge is 0.316 e. The van der Waals surface area contributed by atoms with Crippen molar-refractivity contribution in [2.24, 2.45) is 5.41 Å². The molecule has 8 heteroatoms. The SMILES string of the molecule is CC(C)(CNC(=O)[C@H]1CCCN1C(=O)c1ccccc1)NCC(O)c1ccc(OC(=O)C(C)(C)C)cc1. The third kappa shape index (κ3) is 7.87. The summed E-state index contributed by atoms with van der Waals surface area (Å²) in [5.74, 6) is -0.189. The molecule has 200 valence electrons. The number of β-amino-alcohol motifs (C(OH)–C–C–N with tert-alkyl or cyclic N) is 1. The third-order valence-electron chi connectivity index (χ3n) is 6.40. The molecule has 1 aliphatic heterocycles. The molecule has 2 aromatic carbocycles. The average molecular weight is 510 g/mol. The number of likely N-dealkylation sites (tertiary alicyclic amines) is 1. The fourth-order valence-electron chi connectivity index (χ4n) is 4.03. The zero-order valence-corrected chi connectivity index (χ0v) is 22.4. The second-order valence-corrected chi connectivity index (χ2v) is 11.2. The Labute approximate surface area is 219 Å². The molecule has 3 rings (SSSR count). The van der Waals surface area contributed by atoms with E-state index in [0.717, 1.165) is 6.42 Å². The average Bonchev–Trinajstić information content (AvgIpc) is 3.36. The van der Waals surface area contributed by atoms with Crippen LogP contribution in [0.4, 0.5) is 0 Å². The van der Waals surface area contributed by atoms with Crippen molar-refractivity contribution in [1.82, 2.24) is 15.5 Å². The molecule has 0 saturated carbocycles. The number of carbonyl (C=O) groups excluding carboxylic acids is 3. The monoisotopic (exact) mass is 509 g/mol. The number of nitrogens with zero attached hydrogens (tertiary/aromatic N) is 1. The first-order chi connectivity index (χ1) is 17.4. The minimum absolute atomic E-state index is 0.127. The Morgan fingerprint density at radius 1 is 1.03 bits per heavy atom. The number of hydrogen-bond donors (Lipinski definition) is 3. The van der Waals surface area contributed by atoms with Crippen LogP contribution in [0.1, 0.15) is 69.5 Å². The molecule has 3 N–H and O–H groups in total. The van der Waals surface area contributed by atoms with Gasteiger partial charge >= 0.3 is 5.97 Å². The molecular weight excluding hydrogens is 470 g/mol. The predicted octanol–water partition coefficient (Wildman–Crippen LogP) is 3.46. The van der Waals surface area contributed by atoms with Gasteiger partial charge < -0.3 is 25.4 Å². The van der Waals surface area contributed by atoms with Crippen molar-refractivity contribution in [3.63, 3.8) is 0 Å². The van der Waals surface area contributed by atoms with E-state index < -0.39 is 23.1 Å². The third-order valence-corrected chi connectivity index (χ3v) is 6.40. The lowest BCUT2D eigenvalue weighted by Crippen LogP contribution is -2.53. The van der Waals surface area contributed by atoms with Gasteiger partial charge in [-0.3, -0.25) is 14.4 Å². The van der Waals surface area contributed by atoms with Crippen molar-refractivity contribution in [3.8, 4) is 5.75 Å². The van der Waals surface area contributed by atoms with Gasteiger partial charge in [-0.15, -0.1) is 0 Å². The highest BCUT2D eigenvalue weighted by molar-refractivity contribution is 5.97. The summed E-state index contributed by atoms with van der Waals surface area (Å²) in [5, 5.41) is 16.9. The summed E-state index contributed by atoms with van der Waals surface area (Å²) in [7, 11) is 0. The van der Waals surface area contributed by atoms with E-state index in [-0.39, 0.29) is 24.3 Å². The van der Waals surface area contributed by atoms with Gasteiger partial charge in [0.1, 0.15) is 11.8 Å². The number of amides is 2. The summed E-state index contributed by atoms with van der Waals surface area (Å²) < 4.78 is 5.37. The van der Waals surface area contributed by atoms with Gasteiger partial charge in [0.15, 0.2) is 0 Å². The summed E-state index contributed by atoms with van der Waals surface area (Å²) in [6, 6.07) is 15.3. The number of ether oxygens (including phenoxy) is 1. The second-order valence-electron chi connectivity index (χ2n) is 11.2. The van der Waals surface area contributed by atoms with Gasteiger partial charge in [-0.2, -0.15) is 0 Å². The standard InChI is InChI=1S/C29H39N3O5/c1-28(2,3)27(36)37-22-15-13-20(14-16-22)24(33)18-31-29(4,5)19-30-25(34)23-12-9-17-32(23)26(35)21-10-7-6-8-11-21/h6-8,10-11,13-16,23-24,31,33H,9,12,17-19H2,1-5H3,(H,30,34)/t23-,24?/m1/s1. The topological polar surface area (TPSA) is 108 Å². The number of hydrogen-bond acceptors (Lipinski definition) is 6. The van der Waals surface area contributed by atoms with E-state index in [1.165, 1.54) is 0 Å². The van der Waals surface area contributed by atoms with Crippen molar-refractivity contribution < 1.29 is 24.2 Å². The number of rotatable bonds is 9. The quantitative estimate of drug-likeness (QED) is 0.353. The first-order valence-electron chi connectivity index (χ1n) is 12.8. The Morgan fingerprint density at radius 3 is 2.30 bits per heavy atom. The van der Waals surface area contributed by atoms with Gasteiger partial charge in [-0.05, 0) is 77.3 Å². The van der Waals surface area contributed by atoms with E-state index in [2.05, 4.69) is 10.6 Å². The van der Waals surface area contributed by atoms with Crippen LogP contribution in [0, 0.1) is 5.41 Å². The predicted molar refractivity (Wildman–Crippen MR) is 142 cm³/mol. The maximum Gasteiger partial charge on any atom is 0.316 e. The zero-order valence-electron chi connectivity index (χ0n) is 22.4. The Kier molecular flexibility index (Phi) is 9.10. The van der Waals surface area contributed by atoms with Crippen molar-refractivity contribution in [1.29, 1.82) is 0 Å². The molecule has 0 spiro atoms. The number of benzene rings is 2. The summed E-state index contributed by atoms with van der Waals surface area (Å²) in [6.07, 6.45) is 0.646. The fourth-order valence-corrected chi connectivity index (χ4v) is 4.03. The van der Waals surface area contributed by atoms with Crippen LogP contribution in [0.3, 0.4) is 0 Å². The fraction of sp³-hybridized carbons (Fsp3) is 0.483. The van der Waals surface area contributed by atoms with Gasteiger partial charge in [0.05, 0.1) is 11.5 Å². The summed E-state index contributed by atoms with van der Waals surface area (Å²) in [5.41, 5.74) is 0.171. The van der Waals surface area contributed by atoms with E-state index >= 15 is 0 Å². The van der Waals surface area contributed by atoms with Crippen molar-refractivity contribution >= 4 is 17.8 Å². The lowest BCUT2D eigenvalue weighted by Gasteiger charge is -2.30.